The van der Waals surface area contributed by atoms with Crippen molar-refractivity contribution in [3.05, 3.63) is 76.1 Å². The van der Waals surface area contributed by atoms with E-state index in [4.69, 9.17) is 16.3 Å². The minimum atomic E-state index is -0.312. The van der Waals surface area contributed by atoms with Crippen LogP contribution in [0, 0.1) is 17.7 Å². The number of carbonyl (C=O) groups is 1. The normalized spacial score (nSPS) is 10.8. The highest BCUT2D eigenvalue weighted by molar-refractivity contribution is 7.20. The molecule has 10 heteroatoms. The SMILES string of the molecule is CN(C)CCCC(=O)NCC#Cc1cc2ncnc(Nc3ccc(OCc4cccc(F)c4)c(Cl)c3)c2s1. The molecule has 0 aliphatic carbocycles. The van der Waals surface area contributed by atoms with Gasteiger partial charge < -0.3 is 20.3 Å². The maximum absolute atomic E-state index is 13.4. The number of carbonyl (C=O) groups excluding carboxylic acids is 1. The van der Waals surface area contributed by atoms with Gasteiger partial charge >= 0.3 is 0 Å². The Bertz CT molecular complexity index is 1480. The van der Waals surface area contributed by atoms with E-state index in [1.807, 2.05) is 26.2 Å². The maximum Gasteiger partial charge on any atom is 0.220 e. The third kappa shape index (κ3) is 7.89. The molecule has 2 N–H and O–H groups in total. The Labute approximate surface area is 230 Å². The van der Waals surface area contributed by atoms with E-state index in [0.717, 1.165) is 33.7 Å². The monoisotopic (exact) mass is 551 g/mol. The number of ether oxygens (including phenoxy) is 1. The number of rotatable bonds is 10. The fraction of sp³-hybridized carbons (Fsp3) is 0.250. The third-order valence-corrected chi connectivity index (χ3v) is 6.73. The lowest BCUT2D eigenvalue weighted by Gasteiger charge is -2.11. The van der Waals surface area contributed by atoms with E-state index in [9.17, 15) is 9.18 Å². The van der Waals surface area contributed by atoms with Crippen LogP contribution in [0.25, 0.3) is 10.2 Å². The van der Waals surface area contributed by atoms with Gasteiger partial charge in [-0.15, -0.1) is 11.3 Å². The molecule has 196 valence electrons. The molecular weight excluding hydrogens is 525 g/mol. The van der Waals surface area contributed by atoms with Crippen molar-refractivity contribution in [3.8, 4) is 17.6 Å². The van der Waals surface area contributed by atoms with E-state index in [2.05, 4.69) is 37.3 Å². The van der Waals surface area contributed by atoms with Crippen molar-refractivity contribution in [1.82, 2.24) is 20.2 Å². The molecule has 4 aromatic rings. The lowest BCUT2D eigenvalue weighted by atomic mass is 10.2. The first kappa shape index (κ1) is 27.3. The van der Waals surface area contributed by atoms with E-state index in [1.165, 1.54) is 29.8 Å². The molecule has 0 radical (unpaired) electrons. The van der Waals surface area contributed by atoms with Crippen LogP contribution in [-0.2, 0) is 11.4 Å². The van der Waals surface area contributed by atoms with Gasteiger partial charge in [0.25, 0.3) is 0 Å². The summed E-state index contributed by atoms with van der Waals surface area (Å²) in [5.74, 6) is 6.90. The Morgan fingerprint density at radius 3 is 2.84 bits per heavy atom. The van der Waals surface area contributed by atoms with E-state index in [-0.39, 0.29) is 24.9 Å². The van der Waals surface area contributed by atoms with Crippen LogP contribution in [0.15, 0.2) is 54.9 Å². The Hall–Kier alpha value is -3.71. The molecular formula is C28H27ClFN5O2S. The minimum Gasteiger partial charge on any atom is -0.487 e. The van der Waals surface area contributed by atoms with Crippen molar-refractivity contribution in [1.29, 1.82) is 0 Å². The van der Waals surface area contributed by atoms with Gasteiger partial charge in [0, 0.05) is 12.1 Å². The van der Waals surface area contributed by atoms with Gasteiger partial charge in [-0.25, -0.2) is 14.4 Å². The molecule has 0 aliphatic heterocycles. The zero-order chi connectivity index (χ0) is 26.9. The van der Waals surface area contributed by atoms with Gasteiger partial charge in [0.05, 0.1) is 26.7 Å². The van der Waals surface area contributed by atoms with Gasteiger partial charge in [0.2, 0.25) is 5.91 Å². The van der Waals surface area contributed by atoms with Crippen molar-refractivity contribution in [2.24, 2.45) is 0 Å². The molecule has 0 atom stereocenters. The second kappa shape index (κ2) is 13.2. The summed E-state index contributed by atoms with van der Waals surface area (Å²) in [5, 5.41) is 6.52. The van der Waals surface area contributed by atoms with Crippen LogP contribution in [0.4, 0.5) is 15.9 Å². The van der Waals surface area contributed by atoms with E-state index in [0.29, 0.717) is 28.6 Å². The summed E-state index contributed by atoms with van der Waals surface area (Å²) in [6, 6.07) is 13.5. The Kier molecular flexibility index (Phi) is 9.49. The summed E-state index contributed by atoms with van der Waals surface area (Å²) < 4.78 is 20.0. The fourth-order valence-corrected chi connectivity index (χ4v) is 4.71. The molecule has 1 amide bonds. The first-order valence-electron chi connectivity index (χ1n) is 12.0. The summed E-state index contributed by atoms with van der Waals surface area (Å²) in [6.45, 7) is 1.37. The summed E-state index contributed by atoms with van der Waals surface area (Å²) in [5.41, 5.74) is 2.21. The number of anilines is 2. The number of amides is 1. The molecule has 4 rings (SSSR count). The summed E-state index contributed by atoms with van der Waals surface area (Å²) in [4.78, 5) is 23.5. The van der Waals surface area contributed by atoms with Gasteiger partial charge in [-0.3, -0.25) is 4.79 Å². The fourth-order valence-electron chi connectivity index (χ4n) is 3.54. The van der Waals surface area contributed by atoms with E-state index >= 15 is 0 Å². The summed E-state index contributed by atoms with van der Waals surface area (Å²) in [6.07, 6.45) is 2.78. The van der Waals surface area contributed by atoms with Crippen molar-refractivity contribution >= 4 is 50.6 Å². The minimum absolute atomic E-state index is 0.00103. The van der Waals surface area contributed by atoms with Gasteiger partial charge in [0.1, 0.15) is 24.5 Å². The largest absolute Gasteiger partial charge is 0.487 e. The molecule has 0 spiro atoms. The number of benzene rings is 2. The average molecular weight is 552 g/mol. The molecule has 0 unspecified atom stereocenters. The van der Waals surface area contributed by atoms with Gasteiger partial charge in [-0.1, -0.05) is 35.6 Å². The highest BCUT2D eigenvalue weighted by atomic mass is 35.5. The van der Waals surface area contributed by atoms with Crippen molar-refractivity contribution < 1.29 is 13.9 Å². The highest BCUT2D eigenvalue weighted by Crippen LogP contribution is 2.33. The highest BCUT2D eigenvalue weighted by Gasteiger charge is 2.10. The predicted molar refractivity (Wildman–Crippen MR) is 151 cm³/mol. The lowest BCUT2D eigenvalue weighted by Crippen LogP contribution is -2.24. The molecule has 0 aliphatic rings. The number of nitrogens with zero attached hydrogens (tertiary/aromatic N) is 3. The number of hydrogen-bond acceptors (Lipinski definition) is 7. The topological polar surface area (TPSA) is 79.4 Å². The Morgan fingerprint density at radius 1 is 1.18 bits per heavy atom. The number of hydrogen-bond donors (Lipinski definition) is 2. The molecule has 38 heavy (non-hydrogen) atoms. The predicted octanol–water partition coefficient (Wildman–Crippen LogP) is 5.62. The van der Waals surface area contributed by atoms with Gasteiger partial charge in [-0.05, 0) is 69.0 Å². The molecule has 0 fully saturated rings. The second-order valence-corrected chi connectivity index (χ2v) is 10.2. The standard InChI is InChI=1S/C28H27ClFN5O2S/c1-35(2)13-5-9-26(36)31-12-4-8-22-16-24-27(38-22)28(33-18-32-24)34-21-10-11-25(23(29)15-21)37-17-19-6-3-7-20(30)14-19/h3,6-7,10-11,14-16,18H,5,9,12-13,17H2,1-2H3,(H,31,36)(H,32,33,34). The van der Waals surface area contributed by atoms with Crippen LogP contribution in [0.1, 0.15) is 23.3 Å². The van der Waals surface area contributed by atoms with E-state index in [1.54, 1.807) is 24.3 Å². The van der Waals surface area contributed by atoms with Gasteiger partial charge in [-0.2, -0.15) is 0 Å². The average Bonchev–Trinajstić information content (AvgIpc) is 3.30. The Morgan fingerprint density at radius 2 is 2.05 bits per heavy atom. The van der Waals surface area contributed by atoms with Gasteiger partial charge in [0.15, 0.2) is 5.82 Å². The van der Waals surface area contributed by atoms with E-state index < -0.39 is 0 Å². The zero-order valence-electron chi connectivity index (χ0n) is 21.1. The molecule has 0 saturated carbocycles. The van der Waals surface area contributed by atoms with Crippen molar-refractivity contribution in [3.63, 3.8) is 0 Å². The van der Waals surface area contributed by atoms with Crippen LogP contribution in [0.3, 0.4) is 0 Å². The molecule has 0 saturated heterocycles. The molecule has 2 aromatic carbocycles. The molecule has 0 bridgehead atoms. The van der Waals surface area contributed by atoms with Crippen molar-refractivity contribution in [2.45, 2.75) is 19.4 Å². The summed E-state index contributed by atoms with van der Waals surface area (Å²) in [7, 11) is 3.97. The van der Waals surface area contributed by atoms with Crippen LogP contribution in [-0.4, -0.2) is 48.0 Å². The molecule has 2 heterocycles. The first-order valence-corrected chi connectivity index (χ1v) is 13.2. The number of aromatic nitrogens is 2. The first-order chi connectivity index (χ1) is 18.4. The zero-order valence-corrected chi connectivity index (χ0v) is 22.6. The number of nitrogens with one attached hydrogen (secondary N) is 2. The summed E-state index contributed by atoms with van der Waals surface area (Å²) >= 11 is 7.90. The number of fused-ring (bicyclic) bond motifs is 1. The number of thiophene rings is 1. The van der Waals surface area contributed by atoms with Crippen LogP contribution < -0.4 is 15.4 Å². The quantitative estimate of drug-likeness (QED) is 0.249. The van der Waals surface area contributed by atoms with Crippen LogP contribution in [0.2, 0.25) is 5.02 Å². The third-order valence-electron chi connectivity index (χ3n) is 5.38. The second-order valence-electron chi connectivity index (χ2n) is 8.72. The van der Waals surface area contributed by atoms with Crippen molar-refractivity contribution in [2.75, 3.05) is 32.5 Å². The van der Waals surface area contributed by atoms with Crippen LogP contribution in [0.5, 0.6) is 5.75 Å². The molecule has 7 nitrogen and oxygen atoms in total. The maximum atomic E-state index is 13.4. The smallest absolute Gasteiger partial charge is 0.220 e. The number of halogens is 2. The Balaban J connectivity index is 1.37. The van der Waals surface area contributed by atoms with Crippen LogP contribution >= 0.6 is 22.9 Å². The lowest BCUT2D eigenvalue weighted by molar-refractivity contribution is -0.120. The molecule has 2 aromatic heterocycles.